The summed E-state index contributed by atoms with van der Waals surface area (Å²) in [6.45, 7) is 1.86. The van der Waals surface area contributed by atoms with Crippen molar-refractivity contribution in [3.05, 3.63) is 11.6 Å². The Morgan fingerprint density at radius 3 is 2.62 bits per heavy atom. The summed E-state index contributed by atoms with van der Waals surface area (Å²) in [5, 5.41) is 0. The van der Waals surface area contributed by atoms with E-state index in [9.17, 15) is 18.0 Å². The molecule has 0 saturated heterocycles. The zero-order valence-electron chi connectivity index (χ0n) is 9.05. The maximum Gasteiger partial charge on any atom is 0.412 e. The first-order valence-corrected chi connectivity index (χ1v) is 5.16. The minimum Gasteiger partial charge on any atom is -0.337 e. The predicted octanol–water partition coefficient (Wildman–Crippen LogP) is 1.44. The van der Waals surface area contributed by atoms with Crippen molar-refractivity contribution in [2.75, 3.05) is 13.1 Å². The summed E-state index contributed by atoms with van der Waals surface area (Å²) in [4.78, 5) is 12.9. The van der Waals surface area contributed by atoms with Crippen molar-refractivity contribution in [2.45, 2.75) is 32.0 Å². The van der Waals surface area contributed by atoms with Gasteiger partial charge in [-0.3, -0.25) is 4.79 Å². The molecule has 92 valence electrons. The van der Waals surface area contributed by atoms with Crippen molar-refractivity contribution in [3.63, 3.8) is 0 Å². The molecule has 0 radical (unpaired) electrons. The number of rotatable bonds is 2. The topological polar surface area (TPSA) is 46.3 Å². The van der Waals surface area contributed by atoms with Crippen molar-refractivity contribution < 1.29 is 18.0 Å². The second-order valence-corrected chi connectivity index (χ2v) is 3.78. The second kappa shape index (κ2) is 4.86. The average Bonchev–Trinajstić information content (AvgIpc) is 2.26. The molecule has 0 fully saturated rings. The lowest BCUT2D eigenvalue weighted by Crippen LogP contribution is -2.45. The van der Waals surface area contributed by atoms with Gasteiger partial charge in [0.2, 0.25) is 5.91 Å². The van der Waals surface area contributed by atoms with Crippen LogP contribution in [0.25, 0.3) is 0 Å². The van der Waals surface area contributed by atoms with E-state index in [4.69, 9.17) is 5.73 Å². The van der Waals surface area contributed by atoms with Crippen molar-refractivity contribution in [1.29, 1.82) is 0 Å². The van der Waals surface area contributed by atoms with Crippen LogP contribution in [0.4, 0.5) is 13.2 Å². The zero-order valence-corrected chi connectivity index (χ0v) is 9.05. The third-order valence-corrected chi connectivity index (χ3v) is 2.64. The van der Waals surface area contributed by atoms with Gasteiger partial charge in [0, 0.05) is 18.7 Å². The number of hydrogen-bond donors (Lipinski definition) is 1. The van der Waals surface area contributed by atoms with Gasteiger partial charge in [-0.05, 0) is 12.8 Å². The van der Waals surface area contributed by atoms with Gasteiger partial charge in [0.1, 0.15) is 0 Å². The van der Waals surface area contributed by atoms with Crippen molar-refractivity contribution in [1.82, 2.24) is 4.90 Å². The Morgan fingerprint density at radius 2 is 2.25 bits per heavy atom. The van der Waals surface area contributed by atoms with E-state index in [1.165, 1.54) is 4.90 Å². The molecule has 0 bridgehead atoms. The number of nitrogens with zero attached hydrogens (tertiary/aromatic N) is 1. The van der Waals surface area contributed by atoms with Gasteiger partial charge in [-0.25, -0.2) is 0 Å². The molecule has 3 nitrogen and oxygen atoms in total. The van der Waals surface area contributed by atoms with Crippen LogP contribution in [0.1, 0.15) is 19.8 Å². The third-order valence-electron chi connectivity index (χ3n) is 2.64. The molecule has 16 heavy (non-hydrogen) atoms. The van der Waals surface area contributed by atoms with E-state index in [0.717, 1.165) is 6.08 Å². The molecular formula is C10H15F3N2O. The Bertz CT molecular complexity index is 299. The normalized spacial score (nSPS) is 19.3. The summed E-state index contributed by atoms with van der Waals surface area (Å²) in [5.74, 6) is -0.278. The van der Waals surface area contributed by atoms with E-state index < -0.39 is 17.8 Å². The molecule has 1 amide bonds. The molecule has 0 aromatic rings. The van der Waals surface area contributed by atoms with Crippen LogP contribution in [0.5, 0.6) is 0 Å². The summed E-state index contributed by atoms with van der Waals surface area (Å²) in [5.41, 5.74) is 4.98. The minimum absolute atomic E-state index is 0.00137. The van der Waals surface area contributed by atoms with Crippen LogP contribution in [0.2, 0.25) is 0 Å². The highest BCUT2D eigenvalue weighted by atomic mass is 19.4. The van der Waals surface area contributed by atoms with Gasteiger partial charge in [-0.1, -0.05) is 13.0 Å². The monoisotopic (exact) mass is 236 g/mol. The summed E-state index contributed by atoms with van der Waals surface area (Å²) in [6, 6.07) is -0.610. The van der Waals surface area contributed by atoms with Crippen LogP contribution in [0.3, 0.4) is 0 Å². The highest BCUT2D eigenvalue weighted by Gasteiger charge is 2.35. The van der Waals surface area contributed by atoms with E-state index in [0.29, 0.717) is 6.42 Å². The highest BCUT2D eigenvalue weighted by Crippen LogP contribution is 2.30. The Hall–Kier alpha value is -1.04. The number of carbonyl (C=O) groups excluding carboxylic acids is 1. The van der Waals surface area contributed by atoms with E-state index in [2.05, 4.69) is 0 Å². The van der Waals surface area contributed by atoms with Gasteiger partial charge in [-0.2, -0.15) is 13.2 Å². The third kappa shape index (κ3) is 2.98. The minimum atomic E-state index is -4.28. The molecule has 1 rings (SSSR count). The molecule has 2 N–H and O–H groups in total. The lowest BCUT2D eigenvalue weighted by molar-refractivity contribution is -0.133. The molecule has 0 unspecified atom stereocenters. The first-order valence-electron chi connectivity index (χ1n) is 5.16. The van der Waals surface area contributed by atoms with E-state index in [1.54, 1.807) is 6.92 Å². The first-order chi connectivity index (χ1) is 7.36. The summed E-state index contributed by atoms with van der Waals surface area (Å²) < 4.78 is 36.9. The lowest BCUT2D eigenvalue weighted by Gasteiger charge is -2.29. The van der Waals surface area contributed by atoms with Gasteiger partial charge in [0.15, 0.2) is 0 Å². The quantitative estimate of drug-likeness (QED) is 0.737. The molecule has 0 aromatic carbocycles. The van der Waals surface area contributed by atoms with Crippen LogP contribution in [-0.2, 0) is 4.79 Å². The van der Waals surface area contributed by atoms with Gasteiger partial charge < -0.3 is 10.6 Å². The van der Waals surface area contributed by atoms with Gasteiger partial charge in [0.05, 0.1) is 6.04 Å². The highest BCUT2D eigenvalue weighted by molar-refractivity contribution is 5.81. The zero-order chi connectivity index (χ0) is 12.3. The fourth-order valence-corrected chi connectivity index (χ4v) is 1.54. The smallest absolute Gasteiger partial charge is 0.337 e. The Balaban J connectivity index is 2.61. The summed E-state index contributed by atoms with van der Waals surface area (Å²) >= 11 is 0. The number of halogens is 3. The largest absolute Gasteiger partial charge is 0.412 e. The maximum absolute atomic E-state index is 12.3. The standard InChI is InChI=1S/C10H15F3N2O/c1-2-8(14)9(16)15-5-3-7(4-6-15)10(11,12)13/h3,8H,2,4-6,14H2,1H3/t8-/m1/s1. The van der Waals surface area contributed by atoms with E-state index >= 15 is 0 Å². The molecule has 0 spiro atoms. The van der Waals surface area contributed by atoms with Gasteiger partial charge in [0.25, 0.3) is 0 Å². The molecule has 1 atom stereocenters. The number of carbonyl (C=O) groups is 1. The van der Waals surface area contributed by atoms with Crippen LogP contribution < -0.4 is 5.73 Å². The van der Waals surface area contributed by atoms with Crippen molar-refractivity contribution in [3.8, 4) is 0 Å². The summed E-state index contributed by atoms with van der Waals surface area (Å²) in [6.07, 6.45) is -2.87. The molecule has 6 heteroatoms. The van der Waals surface area contributed by atoms with Crippen molar-refractivity contribution in [2.24, 2.45) is 5.73 Å². The Kier molecular flexibility index (Phi) is 3.96. The number of nitrogens with two attached hydrogens (primary N) is 1. The fourth-order valence-electron chi connectivity index (χ4n) is 1.54. The van der Waals surface area contributed by atoms with Gasteiger partial charge in [-0.15, -0.1) is 0 Å². The number of hydrogen-bond acceptors (Lipinski definition) is 2. The van der Waals surface area contributed by atoms with Crippen LogP contribution in [0, 0.1) is 0 Å². The SMILES string of the molecule is CC[C@@H](N)C(=O)N1CC=C(C(F)(F)F)CC1. The van der Waals surface area contributed by atoms with E-state index in [1.807, 2.05) is 0 Å². The van der Waals surface area contributed by atoms with E-state index in [-0.39, 0.29) is 25.4 Å². The molecule has 0 saturated carbocycles. The fraction of sp³-hybridized carbons (Fsp3) is 0.700. The molecular weight excluding hydrogens is 221 g/mol. The second-order valence-electron chi connectivity index (χ2n) is 3.78. The van der Waals surface area contributed by atoms with Crippen LogP contribution in [-0.4, -0.2) is 36.1 Å². The Labute approximate surface area is 92.1 Å². The lowest BCUT2D eigenvalue weighted by atomic mass is 10.1. The molecule has 0 aliphatic carbocycles. The average molecular weight is 236 g/mol. The molecule has 1 heterocycles. The summed E-state index contributed by atoms with van der Waals surface area (Å²) in [7, 11) is 0. The molecule has 1 aliphatic rings. The molecule has 1 aliphatic heterocycles. The predicted molar refractivity (Wildman–Crippen MR) is 53.6 cm³/mol. The molecule has 0 aromatic heterocycles. The Morgan fingerprint density at radius 1 is 1.62 bits per heavy atom. The maximum atomic E-state index is 12.3. The van der Waals surface area contributed by atoms with Crippen LogP contribution >= 0.6 is 0 Å². The van der Waals surface area contributed by atoms with Crippen LogP contribution in [0.15, 0.2) is 11.6 Å². The first kappa shape index (κ1) is 13.0. The van der Waals surface area contributed by atoms with Crippen molar-refractivity contribution >= 4 is 5.91 Å². The number of amides is 1. The number of alkyl halides is 3. The van der Waals surface area contributed by atoms with Gasteiger partial charge >= 0.3 is 6.18 Å².